The molecule has 0 spiro atoms. The van der Waals surface area contributed by atoms with Crippen LogP contribution in [0.1, 0.15) is 21.8 Å². The maximum Gasteiger partial charge on any atom is 0.191 e. The average molecular weight is 392 g/mol. The number of benzene rings is 2. The number of thiophene rings is 1. The number of thioether (sulfide) groups is 1. The Morgan fingerprint density at radius 1 is 0.815 bits per heavy atom. The molecule has 0 aliphatic rings. The van der Waals surface area contributed by atoms with E-state index in [0.717, 1.165) is 36.1 Å². The Kier molecular flexibility index (Phi) is 6.02. The monoisotopic (exact) mass is 391 g/mol. The molecule has 4 aromatic rings. The lowest BCUT2D eigenvalue weighted by molar-refractivity contribution is 0.610. The number of hydrogen-bond donors (Lipinski definition) is 0. The fourth-order valence-corrected chi connectivity index (χ4v) is 4.60. The molecular formula is C22H21N3S2. The van der Waals surface area contributed by atoms with E-state index in [9.17, 15) is 0 Å². The predicted octanol–water partition coefficient (Wildman–Crippen LogP) is 5.47. The molecule has 2 heterocycles. The van der Waals surface area contributed by atoms with Gasteiger partial charge in [0, 0.05) is 23.6 Å². The molecule has 0 radical (unpaired) electrons. The Morgan fingerprint density at radius 2 is 1.56 bits per heavy atom. The van der Waals surface area contributed by atoms with E-state index in [1.54, 1.807) is 23.1 Å². The summed E-state index contributed by atoms with van der Waals surface area (Å²) in [5.74, 6) is 1.95. The molecule has 27 heavy (non-hydrogen) atoms. The minimum absolute atomic E-state index is 0.839. The molecule has 0 saturated heterocycles. The maximum absolute atomic E-state index is 4.51. The van der Waals surface area contributed by atoms with Crippen molar-refractivity contribution in [2.45, 2.75) is 30.3 Å². The fraction of sp³-hybridized carbons (Fsp3) is 0.182. The van der Waals surface area contributed by atoms with Gasteiger partial charge in [0.05, 0.1) is 0 Å². The van der Waals surface area contributed by atoms with Gasteiger partial charge in [-0.1, -0.05) is 78.5 Å². The normalized spacial score (nSPS) is 11.0. The third kappa shape index (κ3) is 4.87. The van der Waals surface area contributed by atoms with Crippen LogP contribution in [0, 0.1) is 0 Å². The van der Waals surface area contributed by atoms with Crippen LogP contribution in [0.15, 0.2) is 83.3 Å². The summed E-state index contributed by atoms with van der Waals surface area (Å²) in [5, 5.41) is 12.1. The zero-order valence-corrected chi connectivity index (χ0v) is 16.6. The highest BCUT2D eigenvalue weighted by atomic mass is 32.2. The highest BCUT2D eigenvalue weighted by Crippen LogP contribution is 2.24. The van der Waals surface area contributed by atoms with Crippen molar-refractivity contribution in [3.63, 3.8) is 0 Å². The van der Waals surface area contributed by atoms with Crippen LogP contribution in [0.4, 0.5) is 0 Å². The molecule has 0 N–H and O–H groups in total. The van der Waals surface area contributed by atoms with Gasteiger partial charge < -0.3 is 4.57 Å². The van der Waals surface area contributed by atoms with E-state index in [4.69, 9.17) is 0 Å². The number of hydrogen-bond acceptors (Lipinski definition) is 4. The third-order valence-corrected chi connectivity index (χ3v) is 6.30. The van der Waals surface area contributed by atoms with Gasteiger partial charge in [0.15, 0.2) is 5.16 Å². The maximum atomic E-state index is 4.51. The second kappa shape index (κ2) is 9.02. The van der Waals surface area contributed by atoms with Crippen LogP contribution in [0.2, 0.25) is 0 Å². The van der Waals surface area contributed by atoms with E-state index in [-0.39, 0.29) is 0 Å². The second-order valence-electron chi connectivity index (χ2n) is 6.32. The first-order valence-corrected chi connectivity index (χ1v) is 10.9. The smallest absolute Gasteiger partial charge is 0.191 e. The van der Waals surface area contributed by atoms with E-state index < -0.39 is 0 Å². The molecule has 2 aromatic carbocycles. The van der Waals surface area contributed by atoms with Crippen LogP contribution >= 0.6 is 23.1 Å². The van der Waals surface area contributed by atoms with Gasteiger partial charge in [0.1, 0.15) is 5.82 Å². The van der Waals surface area contributed by atoms with Gasteiger partial charge in [-0.15, -0.1) is 21.5 Å². The Hall–Kier alpha value is -2.37. The number of rotatable bonds is 8. The van der Waals surface area contributed by atoms with E-state index >= 15 is 0 Å². The lowest BCUT2D eigenvalue weighted by Crippen LogP contribution is -2.08. The number of aryl methyl sites for hydroxylation is 1. The summed E-state index contributed by atoms with van der Waals surface area (Å²) in [6.45, 7) is 0.898. The Bertz CT molecular complexity index is 948. The van der Waals surface area contributed by atoms with Gasteiger partial charge in [-0.05, 0) is 29.0 Å². The second-order valence-corrected chi connectivity index (χ2v) is 8.29. The van der Waals surface area contributed by atoms with Gasteiger partial charge in [-0.2, -0.15) is 0 Å². The molecule has 0 fully saturated rings. The SMILES string of the molecule is c1ccc(CCn2c(Cc3cccs3)nnc2SCc2ccccc2)cc1. The molecule has 0 aliphatic carbocycles. The van der Waals surface area contributed by atoms with E-state index in [2.05, 4.69) is 92.9 Å². The van der Waals surface area contributed by atoms with Gasteiger partial charge in [-0.3, -0.25) is 0 Å². The van der Waals surface area contributed by atoms with E-state index in [1.807, 2.05) is 0 Å². The molecule has 0 aliphatic heterocycles. The lowest BCUT2D eigenvalue weighted by Gasteiger charge is -2.10. The quantitative estimate of drug-likeness (QED) is 0.373. The third-order valence-electron chi connectivity index (χ3n) is 4.38. The van der Waals surface area contributed by atoms with Crippen molar-refractivity contribution in [2.24, 2.45) is 0 Å². The Balaban J connectivity index is 1.52. The van der Waals surface area contributed by atoms with Gasteiger partial charge in [0.25, 0.3) is 0 Å². The van der Waals surface area contributed by atoms with Gasteiger partial charge in [0.2, 0.25) is 0 Å². The van der Waals surface area contributed by atoms with Crippen LogP contribution < -0.4 is 0 Å². The van der Waals surface area contributed by atoms with Crippen molar-refractivity contribution in [1.29, 1.82) is 0 Å². The van der Waals surface area contributed by atoms with Crippen molar-refractivity contribution >= 4 is 23.1 Å². The van der Waals surface area contributed by atoms with Crippen molar-refractivity contribution in [1.82, 2.24) is 14.8 Å². The summed E-state index contributed by atoms with van der Waals surface area (Å²) in [7, 11) is 0. The van der Waals surface area contributed by atoms with Crippen molar-refractivity contribution < 1.29 is 0 Å². The minimum Gasteiger partial charge on any atom is -0.305 e. The van der Waals surface area contributed by atoms with Crippen LogP contribution in [0.25, 0.3) is 0 Å². The van der Waals surface area contributed by atoms with Crippen LogP contribution in [0.3, 0.4) is 0 Å². The molecule has 0 bridgehead atoms. The van der Waals surface area contributed by atoms with Crippen LogP contribution in [-0.4, -0.2) is 14.8 Å². The van der Waals surface area contributed by atoms with Crippen molar-refractivity contribution in [2.75, 3.05) is 0 Å². The van der Waals surface area contributed by atoms with Gasteiger partial charge >= 0.3 is 0 Å². The summed E-state index contributed by atoms with van der Waals surface area (Å²) < 4.78 is 2.29. The molecule has 3 nitrogen and oxygen atoms in total. The summed E-state index contributed by atoms with van der Waals surface area (Å²) in [5.41, 5.74) is 2.65. The topological polar surface area (TPSA) is 30.7 Å². The molecule has 0 amide bonds. The van der Waals surface area contributed by atoms with E-state index in [1.165, 1.54) is 16.0 Å². The molecule has 0 saturated carbocycles. The predicted molar refractivity (Wildman–Crippen MR) is 113 cm³/mol. The zero-order chi connectivity index (χ0) is 18.3. The highest BCUT2D eigenvalue weighted by Gasteiger charge is 2.14. The number of nitrogens with zero attached hydrogens (tertiary/aromatic N) is 3. The molecule has 0 atom stereocenters. The Morgan fingerprint density at radius 3 is 2.26 bits per heavy atom. The van der Waals surface area contributed by atoms with Crippen LogP contribution in [-0.2, 0) is 25.1 Å². The first-order chi connectivity index (χ1) is 13.4. The molecule has 136 valence electrons. The molecule has 4 rings (SSSR count). The Labute approximate surface area is 168 Å². The first-order valence-electron chi connectivity index (χ1n) is 9.03. The standard InChI is InChI=1S/C22H21N3S2/c1-3-8-18(9-4-1)13-14-25-21(16-20-12-7-15-26-20)23-24-22(25)27-17-19-10-5-2-6-11-19/h1-12,15H,13-14,16-17H2. The first kappa shape index (κ1) is 18.0. The minimum atomic E-state index is 0.839. The van der Waals surface area contributed by atoms with Gasteiger partial charge in [-0.25, -0.2) is 0 Å². The number of aromatic nitrogens is 3. The van der Waals surface area contributed by atoms with E-state index in [0.29, 0.717) is 0 Å². The summed E-state index contributed by atoms with van der Waals surface area (Å²) in [4.78, 5) is 1.32. The van der Waals surface area contributed by atoms with Crippen molar-refractivity contribution in [3.05, 3.63) is 100 Å². The van der Waals surface area contributed by atoms with Crippen molar-refractivity contribution in [3.8, 4) is 0 Å². The van der Waals surface area contributed by atoms with Crippen LogP contribution in [0.5, 0.6) is 0 Å². The zero-order valence-electron chi connectivity index (χ0n) is 15.0. The highest BCUT2D eigenvalue weighted by molar-refractivity contribution is 7.98. The fourth-order valence-electron chi connectivity index (χ4n) is 2.96. The molecule has 0 unspecified atom stereocenters. The summed E-state index contributed by atoms with van der Waals surface area (Å²) in [6, 6.07) is 25.4. The largest absolute Gasteiger partial charge is 0.305 e. The molecular weight excluding hydrogens is 370 g/mol. The lowest BCUT2D eigenvalue weighted by atomic mass is 10.1. The molecule has 2 aromatic heterocycles. The molecule has 5 heteroatoms. The summed E-state index contributed by atoms with van der Waals surface area (Å²) >= 11 is 3.53. The average Bonchev–Trinajstić information content (AvgIpc) is 3.37. The summed E-state index contributed by atoms with van der Waals surface area (Å²) in [6.07, 6.45) is 1.82.